The largest absolute Gasteiger partial charge is 0.482 e. The highest BCUT2D eigenvalue weighted by Crippen LogP contribution is 2.29. The lowest BCUT2D eigenvalue weighted by Gasteiger charge is -2.34. The Morgan fingerprint density at radius 3 is 2.50 bits per heavy atom. The minimum atomic E-state index is -0.229. The molecule has 0 aliphatic carbocycles. The van der Waals surface area contributed by atoms with E-state index in [0.29, 0.717) is 43.2 Å². The summed E-state index contributed by atoms with van der Waals surface area (Å²) < 4.78 is 5.28. The Kier molecular flexibility index (Phi) is 3.70. The molecule has 7 heteroatoms. The van der Waals surface area contributed by atoms with E-state index in [0.717, 1.165) is 0 Å². The van der Waals surface area contributed by atoms with E-state index >= 15 is 0 Å². The number of fused-ring (bicyclic) bond motifs is 1. The maximum absolute atomic E-state index is 12.5. The Morgan fingerprint density at radius 1 is 1.14 bits per heavy atom. The fourth-order valence-corrected chi connectivity index (χ4v) is 2.62. The smallest absolute Gasteiger partial charge is 0.262 e. The first-order chi connectivity index (χ1) is 10.5. The van der Waals surface area contributed by atoms with E-state index in [1.54, 1.807) is 28.0 Å². The minimum Gasteiger partial charge on any atom is -0.482 e. The monoisotopic (exact) mass is 303 g/mol. The number of amides is 3. The van der Waals surface area contributed by atoms with Crippen LogP contribution in [0.3, 0.4) is 0 Å². The first-order valence-corrected chi connectivity index (χ1v) is 7.16. The zero-order valence-electron chi connectivity index (χ0n) is 12.3. The summed E-state index contributed by atoms with van der Waals surface area (Å²) in [6, 6.07) is 5.01. The quantitative estimate of drug-likeness (QED) is 0.810. The molecule has 2 aliphatic heterocycles. The van der Waals surface area contributed by atoms with Crippen molar-refractivity contribution in [2.75, 3.05) is 38.1 Å². The number of nitrogens with zero attached hydrogens (tertiary/aromatic N) is 2. The maximum Gasteiger partial charge on any atom is 0.262 e. The van der Waals surface area contributed by atoms with Gasteiger partial charge in [0.05, 0.1) is 5.69 Å². The summed E-state index contributed by atoms with van der Waals surface area (Å²) in [7, 11) is 0. The van der Waals surface area contributed by atoms with Crippen molar-refractivity contribution in [2.45, 2.75) is 6.92 Å². The Hall–Kier alpha value is -2.57. The van der Waals surface area contributed by atoms with Gasteiger partial charge in [-0.05, 0) is 18.2 Å². The highest BCUT2D eigenvalue weighted by Gasteiger charge is 2.24. The average molecular weight is 303 g/mol. The zero-order valence-corrected chi connectivity index (χ0v) is 12.3. The molecule has 3 rings (SSSR count). The Bertz CT molecular complexity index is 636. The van der Waals surface area contributed by atoms with Gasteiger partial charge in [0.25, 0.3) is 11.8 Å². The average Bonchev–Trinajstić information content (AvgIpc) is 2.53. The molecule has 0 bridgehead atoms. The van der Waals surface area contributed by atoms with Gasteiger partial charge in [0.15, 0.2) is 6.61 Å². The number of nitrogens with one attached hydrogen (secondary N) is 1. The predicted octanol–water partition coefficient (Wildman–Crippen LogP) is 0.322. The second-order valence-electron chi connectivity index (χ2n) is 5.35. The first kappa shape index (κ1) is 14.4. The summed E-state index contributed by atoms with van der Waals surface area (Å²) in [6.07, 6.45) is 0. The van der Waals surface area contributed by atoms with Crippen LogP contribution in [0.5, 0.6) is 5.75 Å². The number of benzene rings is 1. The van der Waals surface area contributed by atoms with Crippen LogP contribution < -0.4 is 10.1 Å². The predicted molar refractivity (Wildman–Crippen MR) is 78.7 cm³/mol. The molecular weight excluding hydrogens is 286 g/mol. The molecule has 0 unspecified atom stereocenters. The van der Waals surface area contributed by atoms with Gasteiger partial charge in [0, 0.05) is 38.7 Å². The Morgan fingerprint density at radius 2 is 1.82 bits per heavy atom. The first-order valence-electron chi connectivity index (χ1n) is 7.16. The molecule has 0 saturated carbocycles. The molecule has 2 heterocycles. The van der Waals surface area contributed by atoms with Crippen LogP contribution in [0.4, 0.5) is 5.69 Å². The van der Waals surface area contributed by atoms with Crippen LogP contribution >= 0.6 is 0 Å². The summed E-state index contributed by atoms with van der Waals surface area (Å²) in [5, 5.41) is 2.69. The van der Waals surface area contributed by atoms with Crippen molar-refractivity contribution in [3.8, 4) is 5.75 Å². The summed E-state index contributed by atoms with van der Waals surface area (Å²) >= 11 is 0. The zero-order chi connectivity index (χ0) is 15.7. The van der Waals surface area contributed by atoms with Gasteiger partial charge < -0.3 is 19.9 Å². The molecule has 1 N–H and O–H groups in total. The normalized spacial score (nSPS) is 17.4. The third-order valence-corrected chi connectivity index (χ3v) is 3.87. The van der Waals surface area contributed by atoms with Crippen LogP contribution in [0, 0.1) is 0 Å². The molecule has 7 nitrogen and oxygen atoms in total. The van der Waals surface area contributed by atoms with Crippen LogP contribution in [0.1, 0.15) is 17.3 Å². The molecule has 116 valence electrons. The van der Waals surface area contributed by atoms with E-state index in [4.69, 9.17) is 4.74 Å². The van der Waals surface area contributed by atoms with E-state index < -0.39 is 0 Å². The molecule has 0 atom stereocenters. The van der Waals surface area contributed by atoms with E-state index in [2.05, 4.69) is 5.32 Å². The molecule has 22 heavy (non-hydrogen) atoms. The van der Waals surface area contributed by atoms with Gasteiger partial charge in [-0.2, -0.15) is 0 Å². The van der Waals surface area contributed by atoms with Crippen molar-refractivity contribution in [3.05, 3.63) is 23.8 Å². The second kappa shape index (κ2) is 5.67. The van der Waals surface area contributed by atoms with Crippen LogP contribution in [-0.4, -0.2) is 60.3 Å². The highest BCUT2D eigenvalue weighted by molar-refractivity contribution is 6.00. The lowest BCUT2D eigenvalue weighted by atomic mass is 10.1. The van der Waals surface area contributed by atoms with Crippen LogP contribution in [-0.2, 0) is 9.59 Å². The minimum absolute atomic E-state index is 0.00665. The van der Waals surface area contributed by atoms with Gasteiger partial charge in [-0.25, -0.2) is 0 Å². The van der Waals surface area contributed by atoms with E-state index in [9.17, 15) is 14.4 Å². The fourth-order valence-electron chi connectivity index (χ4n) is 2.62. The van der Waals surface area contributed by atoms with Gasteiger partial charge in [0.1, 0.15) is 5.75 Å². The lowest BCUT2D eigenvalue weighted by Crippen LogP contribution is -2.50. The number of hydrogen-bond acceptors (Lipinski definition) is 4. The van der Waals surface area contributed by atoms with Gasteiger partial charge in [-0.1, -0.05) is 0 Å². The molecule has 0 spiro atoms. The summed E-state index contributed by atoms with van der Waals surface area (Å²) in [5.41, 5.74) is 1.02. The summed E-state index contributed by atoms with van der Waals surface area (Å²) in [5.74, 6) is 0.260. The molecular formula is C15H17N3O4. The number of anilines is 1. The standard InChI is InChI=1S/C15H17N3O4/c1-10(19)17-4-6-18(7-5-17)15(21)11-2-3-13-12(8-11)16-14(20)9-22-13/h2-3,8H,4-7,9H2,1H3,(H,16,20). The van der Waals surface area contributed by atoms with E-state index in [-0.39, 0.29) is 24.3 Å². The third kappa shape index (κ3) is 2.74. The van der Waals surface area contributed by atoms with Crippen LogP contribution in [0.15, 0.2) is 18.2 Å². The number of ether oxygens (including phenoxy) is 1. The Balaban J connectivity index is 1.72. The van der Waals surface area contributed by atoms with Crippen molar-refractivity contribution in [1.82, 2.24) is 9.80 Å². The molecule has 1 aromatic rings. The topological polar surface area (TPSA) is 79.0 Å². The molecule has 1 fully saturated rings. The Labute approximate surface area is 127 Å². The van der Waals surface area contributed by atoms with Gasteiger partial charge in [0.2, 0.25) is 5.91 Å². The van der Waals surface area contributed by atoms with E-state index in [1.807, 2.05) is 0 Å². The number of rotatable bonds is 1. The lowest BCUT2D eigenvalue weighted by molar-refractivity contribution is -0.130. The van der Waals surface area contributed by atoms with Crippen LogP contribution in [0.2, 0.25) is 0 Å². The van der Waals surface area contributed by atoms with Crippen molar-refractivity contribution in [1.29, 1.82) is 0 Å². The molecule has 2 aliphatic rings. The highest BCUT2D eigenvalue weighted by atomic mass is 16.5. The third-order valence-electron chi connectivity index (χ3n) is 3.87. The molecule has 0 radical (unpaired) electrons. The van der Waals surface area contributed by atoms with Crippen molar-refractivity contribution in [2.24, 2.45) is 0 Å². The van der Waals surface area contributed by atoms with Crippen LogP contribution in [0.25, 0.3) is 0 Å². The second-order valence-corrected chi connectivity index (χ2v) is 5.35. The number of carbonyl (C=O) groups excluding carboxylic acids is 3. The van der Waals surface area contributed by atoms with Gasteiger partial charge in [-0.15, -0.1) is 0 Å². The molecule has 3 amide bonds. The van der Waals surface area contributed by atoms with Crippen molar-refractivity contribution in [3.63, 3.8) is 0 Å². The molecule has 1 aromatic carbocycles. The van der Waals surface area contributed by atoms with Crippen molar-refractivity contribution < 1.29 is 19.1 Å². The fraction of sp³-hybridized carbons (Fsp3) is 0.400. The number of carbonyl (C=O) groups is 3. The number of hydrogen-bond donors (Lipinski definition) is 1. The number of piperazine rings is 1. The SMILES string of the molecule is CC(=O)N1CCN(C(=O)c2ccc3c(c2)NC(=O)CO3)CC1. The molecule has 0 aromatic heterocycles. The van der Waals surface area contributed by atoms with E-state index in [1.165, 1.54) is 6.92 Å². The molecule has 1 saturated heterocycles. The summed E-state index contributed by atoms with van der Waals surface area (Å²) in [6.45, 7) is 3.64. The summed E-state index contributed by atoms with van der Waals surface area (Å²) in [4.78, 5) is 38.6. The van der Waals surface area contributed by atoms with Gasteiger partial charge >= 0.3 is 0 Å². The van der Waals surface area contributed by atoms with Crippen molar-refractivity contribution >= 4 is 23.4 Å². The van der Waals surface area contributed by atoms with Gasteiger partial charge in [-0.3, -0.25) is 14.4 Å². The maximum atomic E-state index is 12.5.